The van der Waals surface area contributed by atoms with Gasteiger partial charge in [-0.3, -0.25) is 4.90 Å². The van der Waals surface area contributed by atoms with Gasteiger partial charge in [-0.2, -0.15) is 0 Å². The molecule has 1 aliphatic rings. The highest BCUT2D eigenvalue weighted by molar-refractivity contribution is 7.09. The first-order valence-corrected chi connectivity index (χ1v) is 8.09. The van der Waals surface area contributed by atoms with E-state index in [2.05, 4.69) is 48.5 Å². The molecular formula is C16H22N2OS. The Balaban J connectivity index is 1.70. The lowest BCUT2D eigenvalue weighted by atomic mass is 10.2. The fraction of sp³-hybridized carbons (Fsp3) is 0.500. The van der Waals surface area contributed by atoms with Crippen LogP contribution in [0.1, 0.15) is 41.7 Å². The van der Waals surface area contributed by atoms with Gasteiger partial charge in [-0.05, 0) is 43.0 Å². The molecule has 2 aromatic heterocycles. The van der Waals surface area contributed by atoms with Gasteiger partial charge in [0.1, 0.15) is 11.5 Å². The van der Waals surface area contributed by atoms with E-state index >= 15 is 0 Å². The zero-order chi connectivity index (χ0) is 14.1. The van der Waals surface area contributed by atoms with Crippen LogP contribution in [0.2, 0.25) is 0 Å². The lowest BCUT2D eigenvalue weighted by Crippen LogP contribution is -2.29. The van der Waals surface area contributed by atoms with E-state index in [1.807, 2.05) is 0 Å². The second-order valence-corrected chi connectivity index (χ2v) is 6.84. The van der Waals surface area contributed by atoms with Gasteiger partial charge in [0.2, 0.25) is 0 Å². The fourth-order valence-corrected chi connectivity index (χ4v) is 3.50. The Hall–Kier alpha value is -1.10. The third-order valence-electron chi connectivity index (χ3n) is 4.19. The Kier molecular flexibility index (Phi) is 3.96. The summed E-state index contributed by atoms with van der Waals surface area (Å²) in [6.07, 6.45) is 1.26. The largest absolute Gasteiger partial charge is 0.464 e. The molecule has 0 aromatic carbocycles. The highest BCUT2D eigenvalue weighted by atomic mass is 32.1. The maximum Gasteiger partial charge on any atom is 0.122 e. The van der Waals surface area contributed by atoms with Crippen molar-refractivity contribution in [3.63, 3.8) is 0 Å². The highest BCUT2D eigenvalue weighted by Gasteiger charge is 2.37. The molecule has 0 aliphatic heterocycles. The number of nitrogens with two attached hydrogens (primary N) is 1. The Bertz CT molecular complexity index is 549. The van der Waals surface area contributed by atoms with E-state index in [1.165, 1.54) is 11.3 Å². The molecule has 1 saturated carbocycles. The van der Waals surface area contributed by atoms with Crippen molar-refractivity contribution < 1.29 is 4.42 Å². The molecule has 3 atom stereocenters. The maximum absolute atomic E-state index is 6.05. The van der Waals surface area contributed by atoms with Gasteiger partial charge in [0.25, 0.3) is 0 Å². The molecule has 0 bridgehead atoms. The van der Waals surface area contributed by atoms with Crippen molar-refractivity contribution in [2.75, 3.05) is 13.6 Å². The van der Waals surface area contributed by atoms with Crippen LogP contribution in [-0.4, -0.2) is 18.5 Å². The number of hydrogen-bond acceptors (Lipinski definition) is 4. The van der Waals surface area contributed by atoms with E-state index < -0.39 is 0 Å². The van der Waals surface area contributed by atoms with Crippen molar-refractivity contribution in [2.45, 2.75) is 31.8 Å². The molecule has 2 heterocycles. The number of likely N-dealkylation sites (N-methyl/N-ethyl adjacent to an activating group) is 1. The van der Waals surface area contributed by atoms with E-state index in [9.17, 15) is 0 Å². The molecule has 3 rings (SSSR count). The summed E-state index contributed by atoms with van der Waals surface area (Å²) in [6, 6.07) is 8.63. The van der Waals surface area contributed by atoms with Gasteiger partial charge in [0.05, 0.1) is 6.04 Å². The normalized spacial score (nSPS) is 23.2. The average molecular weight is 290 g/mol. The fourth-order valence-electron chi connectivity index (χ4n) is 2.74. The first-order chi connectivity index (χ1) is 9.69. The first-order valence-electron chi connectivity index (χ1n) is 7.21. The Morgan fingerprint density at radius 3 is 2.85 bits per heavy atom. The molecule has 108 valence electrons. The molecule has 0 radical (unpaired) electrons. The van der Waals surface area contributed by atoms with Gasteiger partial charge in [0, 0.05) is 23.9 Å². The van der Waals surface area contributed by atoms with Crippen LogP contribution in [0.25, 0.3) is 0 Å². The van der Waals surface area contributed by atoms with Crippen LogP contribution in [0.5, 0.6) is 0 Å². The highest BCUT2D eigenvalue weighted by Crippen LogP contribution is 2.47. The smallest absolute Gasteiger partial charge is 0.122 e. The van der Waals surface area contributed by atoms with Crippen LogP contribution < -0.4 is 5.73 Å². The van der Waals surface area contributed by atoms with Crippen molar-refractivity contribution in [1.82, 2.24) is 4.90 Å². The molecule has 0 spiro atoms. The Morgan fingerprint density at radius 2 is 2.25 bits per heavy atom. The van der Waals surface area contributed by atoms with Crippen LogP contribution in [0.15, 0.2) is 34.1 Å². The lowest BCUT2D eigenvalue weighted by molar-refractivity contribution is 0.211. The number of hydrogen-bond donors (Lipinski definition) is 1. The van der Waals surface area contributed by atoms with E-state index in [0.29, 0.717) is 12.5 Å². The number of nitrogens with zero attached hydrogens (tertiary/aromatic N) is 1. The molecule has 20 heavy (non-hydrogen) atoms. The zero-order valence-electron chi connectivity index (χ0n) is 12.1. The Labute approximate surface area is 124 Å². The molecule has 2 N–H and O–H groups in total. The lowest BCUT2D eigenvalue weighted by Gasteiger charge is -2.24. The van der Waals surface area contributed by atoms with E-state index in [4.69, 9.17) is 10.2 Å². The summed E-state index contributed by atoms with van der Waals surface area (Å²) < 4.78 is 6.05. The first kappa shape index (κ1) is 13.9. The maximum atomic E-state index is 6.05. The summed E-state index contributed by atoms with van der Waals surface area (Å²) in [5, 5.41) is 2.11. The predicted molar refractivity (Wildman–Crippen MR) is 82.8 cm³/mol. The standard InChI is InChI=1S/C16H22N2OS/c1-11-8-13(11)15-5-6-16(19-15)14(9-17)18(2)10-12-4-3-7-20-12/h3-7,11,13-14H,8-10,17H2,1-2H3. The number of furan rings is 1. The van der Waals surface area contributed by atoms with Crippen molar-refractivity contribution in [1.29, 1.82) is 0 Å². The summed E-state index contributed by atoms with van der Waals surface area (Å²) in [4.78, 5) is 3.62. The summed E-state index contributed by atoms with van der Waals surface area (Å²) in [7, 11) is 2.11. The summed E-state index contributed by atoms with van der Waals surface area (Å²) >= 11 is 1.78. The average Bonchev–Trinajstić information content (AvgIpc) is 2.88. The van der Waals surface area contributed by atoms with E-state index in [0.717, 1.165) is 24.0 Å². The zero-order valence-corrected chi connectivity index (χ0v) is 12.9. The van der Waals surface area contributed by atoms with Crippen LogP contribution >= 0.6 is 11.3 Å². The number of rotatable bonds is 6. The molecule has 1 fully saturated rings. The van der Waals surface area contributed by atoms with E-state index in [-0.39, 0.29) is 6.04 Å². The van der Waals surface area contributed by atoms with Crippen molar-refractivity contribution >= 4 is 11.3 Å². The molecule has 3 unspecified atom stereocenters. The topological polar surface area (TPSA) is 42.4 Å². The SMILES string of the molecule is CC1CC1c1ccc(C(CN)N(C)Cc2cccs2)o1. The summed E-state index contributed by atoms with van der Waals surface area (Å²) in [5.41, 5.74) is 5.96. The predicted octanol–water partition coefficient (Wildman–Crippen LogP) is 3.60. The van der Waals surface area contributed by atoms with Crippen LogP contribution in [0.3, 0.4) is 0 Å². The monoisotopic (exact) mass is 290 g/mol. The summed E-state index contributed by atoms with van der Waals surface area (Å²) in [6.45, 7) is 3.76. The van der Waals surface area contributed by atoms with Crippen LogP contribution in [0, 0.1) is 5.92 Å². The Morgan fingerprint density at radius 1 is 1.45 bits per heavy atom. The van der Waals surface area contributed by atoms with E-state index in [1.54, 1.807) is 11.3 Å². The third-order valence-corrected chi connectivity index (χ3v) is 5.05. The minimum absolute atomic E-state index is 0.153. The molecule has 3 nitrogen and oxygen atoms in total. The molecule has 1 aliphatic carbocycles. The van der Waals surface area contributed by atoms with Gasteiger partial charge in [-0.25, -0.2) is 0 Å². The molecule has 4 heteroatoms. The second kappa shape index (κ2) is 5.72. The van der Waals surface area contributed by atoms with Crippen molar-refractivity contribution in [3.8, 4) is 0 Å². The summed E-state index contributed by atoms with van der Waals surface area (Å²) in [5.74, 6) is 3.54. The minimum atomic E-state index is 0.153. The molecule has 0 amide bonds. The minimum Gasteiger partial charge on any atom is -0.464 e. The molecular weight excluding hydrogens is 268 g/mol. The molecule has 0 saturated heterocycles. The second-order valence-electron chi connectivity index (χ2n) is 5.81. The quantitative estimate of drug-likeness (QED) is 0.884. The van der Waals surface area contributed by atoms with Gasteiger partial charge >= 0.3 is 0 Å². The van der Waals surface area contributed by atoms with Crippen molar-refractivity contribution in [3.05, 3.63) is 46.0 Å². The van der Waals surface area contributed by atoms with Gasteiger partial charge in [-0.1, -0.05) is 13.0 Å². The molecule has 2 aromatic rings. The van der Waals surface area contributed by atoms with Crippen LogP contribution in [-0.2, 0) is 6.54 Å². The third kappa shape index (κ3) is 2.82. The van der Waals surface area contributed by atoms with Crippen molar-refractivity contribution in [2.24, 2.45) is 11.7 Å². The number of thiophene rings is 1. The van der Waals surface area contributed by atoms with Gasteiger partial charge < -0.3 is 10.2 Å². The van der Waals surface area contributed by atoms with Gasteiger partial charge in [0.15, 0.2) is 0 Å². The van der Waals surface area contributed by atoms with Crippen LogP contribution in [0.4, 0.5) is 0 Å². The van der Waals surface area contributed by atoms with Gasteiger partial charge in [-0.15, -0.1) is 11.3 Å².